The van der Waals surface area contributed by atoms with Gasteiger partial charge in [-0.15, -0.1) is 82.6 Å². The Balaban J connectivity index is 0.000000196. The van der Waals surface area contributed by atoms with E-state index in [4.69, 9.17) is 4.98 Å². The quantitative estimate of drug-likeness (QED) is 0.131. The summed E-state index contributed by atoms with van der Waals surface area (Å²) in [4.78, 5) is 14.4. The van der Waals surface area contributed by atoms with Crippen LogP contribution < -0.4 is 16.4 Å². The summed E-state index contributed by atoms with van der Waals surface area (Å²) in [5, 5.41) is 2.38. The fourth-order valence-corrected chi connectivity index (χ4v) is 8.39. The van der Waals surface area contributed by atoms with Crippen LogP contribution in [0.1, 0.15) is 5.56 Å². The maximum atomic E-state index is 4.83. The van der Waals surface area contributed by atoms with Gasteiger partial charge in [0.15, 0.2) is 0 Å². The molecule has 5 aromatic carbocycles. The molecule has 7 aromatic rings. The first-order chi connectivity index (χ1) is 21.7. The van der Waals surface area contributed by atoms with E-state index in [1.165, 1.54) is 52.3 Å². The van der Waals surface area contributed by atoms with Crippen molar-refractivity contribution in [1.29, 1.82) is 0 Å². The van der Waals surface area contributed by atoms with E-state index >= 15 is 0 Å². The van der Waals surface area contributed by atoms with Gasteiger partial charge < -0.3 is 9.97 Å². The Morgan fingerprint density at radius 1 is 0.622 bits per heavy atom. The molecule has 0 bridgehead atoms. The van der Waals surface area contributed by atoms with Crippen molar-refractivity contribution < 1.29 is 20.1 Å². The minimum Gasteiger partial charge on any atom is -0.304 e. The number of pyridine rings is 2. The van der Waals surface area contributed by atoms with Crippen LogP contribution in [0.2, 0.25) is 0 Å². The second kappa shape index (κ2) is 12.8. The first kappa shape index (κ1) is 29.8. The van der Waals surface area contributed by atoms with Crippen LogP contribution in [0.4, 0.5) is 0 Å². The second-order valence-corrected chi connectivity index (χ2v) is 13.0. The zero-order chi connectivity index (χ0) is 29.5. The first-order valence-corrected chi connectivity index (χ1v) is 16.2. The van der Waals surface area contributed by atoms with Gasteiger partial charge >= 0.3 is 0 Å². The fourth-order valence-electron chi connectivity index (χ4n) is 5.91. The van der Waals surface area contributed by atoms with Crippen LogP contribution in [0.3, 0.4) is 0 Å². The van der Waals surface area contributed by atoms with Crippen molar-refractivity contribution in [3.05, 3.63) is 151 Å². The number of fused-ring (bicyclic) bond motifs is 5. The van der Waals surface area contributed by atoms with Gasteiger partial charge in [0.2, 0.25) is 6.71 Å². The fraction of sp³-hybridized carbons (Fsp3) is 0.0256. The minimum absolute atomic E-state index is 0. The Labute approximate surface area is 286 Å². The number of benzene rings is 5. The summed E-state index contributed by atoms with van der Waals surface area (Å²) in [5.41, 5.74) is 9.51. The summed E-state index contributed by atoms with van der Waals surface area (Å²) in [6, 6.07) is 49.1. The topological polar surface area (TPSA) is 25.8 Å². The maximum Gasteiger partial charge on any atom is 0.227 e. The van der Waals surface area contributed by atoms with E-state index < -0.39 is 0 Å². The molecular formula is C39H25BIrN2S2-2. The first-order valence-electron chi connectivity index (χ1n) is 14.6. The molecule has 45 heavy (non-hydrogen) atoms. The Kier molecular flexibility index (Phi) is 8.48. The third-order valence-corrected chi connectivity index (χ3v) is 10.4. The Hall–Kier alpha value is -3.93. The molecule has 2 aromatic heterocycles. The van der Waals surface area contributed by atoms with Gasteiger partial charge in [0.25, 0.3) is 0 Å². The molecular weight excluding hydrogens is 764 g/mol. The summed E-state index contributed by atoms with van der Waals surface area (Å²) in [5.74, 6) is 0. The smallest absolute Gasteiger partial charge is 0.227 e. The van der Waals surface area contributed by atoms with E-state index in [1.807, 2.05) is 73.2 Å². The molecule has 2 nitrogen and oxygen atoms in total. The molecule has 0 amide bonds. The van der Waals surface area contributed by atoms with Gasteiger partial charge in [-0.05, 0) is 56.6 Å². The SMILES string of the molecule is Cc1ccc(-c2[c-]cccc2)nc1.[Ir].[c-]1cc2c3c(c1-c1cc4ccccc4cn1)Sc1ccccc1B3c1ccccc1S2. The maximum absolute atomic E-state index is 4.83. The van der Waals surface area contributed by atoms with Crippen LogP contribution >= 0.6 is 23.5 Å². The number of rotatable bonds is 2. The number of aryl methyl sites for hydroxylation is 1. The molecule has 6 heteroatoms. The minimum atomic E-state index is 0. The largest absolute Gasteiger partial charge is 0.304 e. The molecule has 0 unspecified atom stereocenters. The summed E-state index contributed by atoms with van der Waals surface area (Å²) >= 11 is 3.73. The number of hydrogen-bond acceptors (Lipinski definition) is 4. The van der Waals surface area contributed by atoms with Gasteiger partial charge in [-0.3, -0.25) is 0 Å². The van der Waals surface area contributed by atoms with E-state index in [9.17, 15) is 0 Å². The Morgan fingerprint density at radius 3 is 2.04 bits per heavy atom. The molecule has 0 N–H and O–H groups in total. The number of hydrogen-bond donors (Lipinski definition) is 0. The predicted octanol–water partition coefficient (Wildman–Crippen LogP) is 8.00. The molecule has 217 valence electrons. The summed E-state index contributed by atoms with van der Waals surface area (Å²) in [6.07, 6.45) is 3.85. The van der Waals surface area contributed by atoms with E-state index in [0.717, 1.165) is 22.5 Å². The van der Waals surface area contributed by atoms with Crippen molar-refractivity contribution in [3.63, 3.8) is 0 Å². The van der Waals surface area contributed by atoms with Crippen molar-refractivity contribution in [1.82, 2.24) is 9.97 Å². The zero-order valence-corrected chi connectivity index (χ0v) is 28.4. The Bertz CT molecular complexity index is 2140. The van der Waals surface area contributed by atoms with Gasteiger partial charge in [0, 0.05) is 32.5 Å². The van der Waals surface area contributed by atoms with Gasteiger partial charge in [-0.2, -0.15) is 0 Å². The van der Waals surface area contributed by atoms with Crippen molar-refractivity contribution in [3.8, 4) is 22.5 Å². The van der Waals surface area contributed by atoms with Crippen molar-refractivity contribution >= 4 is 57.4 Å². The van der Waals surface area contributed by atoms with Crippen LogP contribution in [-0.2, 0) is 20.1 Å². The van der Waals surface area contributed by atoms with E-state index in [0.29, 0.717) is 0 Å². The van der Waals surface area contributed by atoms with Gasteiger partial charge in [0.1, 0.15) is 0 Å². The average Bonchev–Trinajstić information content (AvgIpc) is 3.09. The molecule has 0 atom stereocenters. The van der Waals surface area contributed by atoms with Gasteiger partial charge in [-0.1, -0.05) is 99.6 Å². The summed E-state index contributed by atoms with van der Waals surface area (Å²) < 4.78 is 0. The number of aromatic nitrogens is 2. The number of nitrogens with zero attached hydrogens (tertiary/aromatic N) is 2. The van der Waals surface area contributed by atoms with E-state index in [-0.39, 0.29) is 26.8 Å². The van der Waals surface area contributed by atoms with Crippen LogP contribution in [-0.4, -0.2) is 16.7 Å². The summed E-state index contributed by atoms with van der Waals surface area (Å²) in [7, 11) is 0. The predicted molar refractivity (Wildman–Crippen MR) is 185 cm³/mol. The Morgan fingerprint density at radius 2 is 1.31 bits per heavy atom. The standard InChI is InChI=1S/C27H15BNS2.C12H10N.Ir/c1-2-8-18-16-29-22(15-17(18)7-1)19-13-14-25-26-27(19)31-24-12-6-4-10-21(24)28(26)20-9-3-5-11-23(20)30-25;1-10-7-8-12(13-9-10)11-5-3-2-4-6-11;/h1-12,14-16H;2-5,7-9H,1H3;/q2*-1;. The second-order valence-electron chi connectivity index (χ2n) is 10.9. The zero-order valence-electron chi connectivity index (χ0n) is 24.3. The van der Waals surface area contributed by atoms with Crippen molar-refractivity contribution in [2.75, 3.05) is 0 Å². The van der Waals surface area contributed by atoms with Crippen LogP contribution in [0.25, 0.3) is 33.3 Å². The molecule has 1 radical (unpaired) electrons. The molecule has 0 spiro atoms. The third kappa shape index (κ3) is 5.69. The average molecular weight is 789 g/mol. The molecule has 0 saturated heterocycles. The van der Waals surface area contributed by atoms with E-state index in [1.54, 1.807) is 0 Å². The molecule has 0 fully saturated rings. The van der Waals surface area contributed by atoms with Crippen molar-refractivity contribution in [2.45, 2.75) is 26.5 Å². The molecule has 2 aliphatic rings. The molecule has 0 saturated carbocycles. The van der Waals surface area contributed by atoms with Gasteiger partial charge in [0.05, 0.1) is 0 Å². The van der Waals surface area contributed by atoms with Crippen LogP contribution in [0, 0.1) is 19.1 Å². The monoisotopic (exact) mass is 789 g/mol. The van der Waals surface area contributed by atoms with E-state index in [2.05, 4.69) is 108 Å². The van der Waals surface area contributed by atoms with Crippen LogP contribution in [0.15, 0.2) is 153 Å². The van der Waals surface area contributed by atoms with Crippen molar-refractivity contribution in [2.24, 2.45) is 0 Å². The molecule has 0 aliphatic carbocycles. The third-order valence-electron chi connectivity index (χ3n) is 8.05. The summed E-state index contributed by atoms with van der Waals surface area (Å²) in [6.45, 7) is 2.29. The molecule has 2 aliphatic heterocycles. The molecule has 4 heterocycles. The van der Waals surface area contributed by atoms with Gasteiger partial charge in [-0.25, -0.2) is 0 Å². The molecule has 9 rings (SSSR count). The normalized spacial score (nSPS) is 12.2. The van der Waals surface area contributed by atoms with Crippen LogP contribution in [0.5, 0.6) is 0 Å².